The maximum absolute atomic E-state index is 11.1. The lowest BCUT2D eigenvalue weighted by Crippen LogP contribution is -2.40. The minimum Gasteiger partial charge on any atom is -0.465 e. The maximum atomic E-state index is 11.1. The molecule has 1 saturated heterocycles. The van der Waals surface area contributed by atoms with Crippen molar-refractivity contribution in [3.05, 3.63) is 35.4 Å². The number of hydrogen-bond donors (Lipinski definition) is 2. The molecule has 5 heteroatoms. The Balaban J connectivity index is 2.07. The van der Waals surface area contributed by atoms with Gasteiger partial charge in [0.2, 0.25) is 0 Å². The number of carbonyl (C=O) groups is 1. The van der Waals surface area contributed by atoms with Gasteiger partial charge in [0.25, 0.3) is 0 Å². The van der Waals surface area contributed by atoms with Crippen molar-refractivity contribution in [3.63, 3.8) is 0 Å². The van der Waals surface area contributed by atoms with E-state index in [2.05, 4.69) is 0 Å². The third-order valence-corrected chi connectivity index (χ3v) is 3.95. The molecule has 2 aliphatic rings. The van der Waals surface area contributed by atoms with Crippen LogP contribution in [-0.4, -0.2) is 39.6 Å². The first-order valence-corrected chi connectivity index (χ1v) is 5.92. The van der Waals surface area contributed by atoms with Gasteiger partial charge in [0, 0.05) is 0 Å². The third-order valence-electron chi connectivity index (χ3n) is 3.95. The molecule has 1 fully saturated rings. The van der Waals surface area contributed by atoms with Crippen molar-refractivity contribution in [2.45, 2.75) is 31.3 Å². The van der Waals surface area contributed by atoms with Crippen LogP contribution in [0.2, 0.25) is 0 Å². The Morgan fingerprint density at radius 1 is 1.50 bits per heavy atom. The molecule has 1 aromatic carbocycles. The summed E-state index contributed by atoms with van der Waals surface area (Å²) in [7, 11) is 0. The molecule has 5 nitrogen and oxygen atoms in total. The highest BCUT2D eigenvalue weighted by atomic mass is 16.5. The lowest BCUT2D eigenvalue weighted by molar-refractivity contribution is -0.0653. The molecule has 0 radical (unpaired) electrons. The summed E-state index contributed by atoms with van der Waals surface area (Å²) in [6.45, 7) is 2.52. The van der Waals surface area contributed by atoms with E-state index >= 15 is 0 Å². The zero-order valence-electron chi connectivity index (χ0n) is 10.0. The third kappa shape index (κ3) is 1.44. The van der Waals surface area contributed by atoms with Crippen molar-refractivity contribution >= 4 is 6.09 Å². The number of fused-ring (bicyclic) bond motifs is 3. The highest BCUT2D eigenvalue weighted by molar-refractivity contribution is 5.66. The summed E-state index contributed by atoms with van der Waals surface area (Å²) in [4.78, 5) is 12.2. The van der Waals surface area contributed by atoms with Crippen LogP contribution in [0, 0.1) is 0 Å². The van der Waals surface area contributed by atoms with Crippen molar-refractivity contribution in [3.8, 4) is 0 Å². The molecule has 3 rings (SSSR count). The Hall–Kier alpha value is -1.59. The normalized spacial score (nSPS) is 34.0. The molecule has 96 valence electrons. The summed E-state index contributed by atoms with van der Waals surface area (Å²) in [5.74, 6) is -0.321. The molecule has 3 unspecified atom stereocenters. The maximum Gasteiger partial charge on any atom is 0.409 e. The van der Waals surface area contributed by atoms with Crippen LogP contribution in [0.5, 0.6) is 0 Å². The van der Waals surface area contributed by atoms with Crippen LogP contribution < -0.4 is 0 Å². The molecule has 0 saturated carbocycles. The van der Waals surface area contributed by atoms with Gasteiger partial charge in [0.15, 0.2) is 0 Å². The number of hydrogen-bond acceptors (Lipinski definition) is 3. The van der Waals surface area contributed by atoms with E-state index in [0.29, 0.717) is 6.61 Å². The van der Waals surface area contributed by atoms with Gasteiger partial charge in [-0.15, -0.1) is 0 Å². The van der Waals surface area contributed by atoms with E-state index < -0.39 is 17.9 Å². The van der Waals surface area contributed by atoms with E-state index in [-0.39, 0.29) is 12.5 Å². The molecular weight excluding hydrogens is 234 g/mol. The molecule has 0 aromatic heterocycles. The van der Waals surface area contributed by atoms with Gasteiger partial charge in [-0.1, -0.05) is 24.3 Å². The van der Waals surface area contributed by atoms with Crippen LogP contribution in [0.3, 0.4) is 0 Å². The average molecular weight is 249 g/mol. The molecule has 18 heavy (non-hydrogen) atoms. The molecular formula is C13H15NO4. The van der Waals surface area contributed by atoms with Gasteiger partial charge in [0.05, 0.1) is 24.7 Å². The van der Waals surface area contributed by atoms with Crippen LogP contribution in [0.25, 0.3) is 0 Å². The largest absolute Gasteiger partial charge is 0.465 e. The van der Waals surface area contributed by atoms with Crippen molar-refractivity contribution < 1.29 is 19.7 Å². The fourth-order valence-corrected chi connectivity index (χ4v) is 3.04. The number of amides is 1. The number of aliphatic hydroxyl groups excluding tert-OH is 1. The van der Waals surface area contributed by atoms with Crippen LogP contribution in [0.1, 0.15) is 24.0 Å². The number of likely N-dealkylation sites (tertiary alicyclic amines) is 1. The van der Waals surface area contributed by atoms with Crippen molar-refractivity contribution in [1.29, 1.82) is 0 Å². The quantitative estimate of drug-likeness (QED) is 0.728. The smallest absolute Gasteiger partial charge is 0.409 e. The molecule has 2 aliphatic heterocycles. The topological polar surface area (TPSA) is 70.0 Å². The minimum absolute atomic E-state index is 0.197. The summed E-state index contributed by atoms with van der Waals surface area (Å²) in [5.41, 5.74) is 1.36. The highest BCUT2D eigenvalue weighted by Crippen LogP contribution is 2.46. The first-order chi connectivity index (χ1) is 8.53. The second kappa shape index (κ2) is 3.70. The number of nitrogens with zero attached hydrogens (tertiary/aromatic N) is 1. The number of ether oxygens (including phenoxy) is 1. The Bertz CT molecular complexity index is 504. The predicted octanol–water partition coefficient (Wildman–Crippen LogP) is 1.37. The molecule has 1 amide bonds. The van der Waals surface area contributed by atoms with Gasteiger partial charge in [-0.2, -0.15) is 0 Å². The fraction of sp³-hybridized carbons (Fsp3) is 0.462. The monoisotopic (exact) mass is 249 g/mol. The standard InChI is InChI=1S/C13H15NO4/c1-13-7-14(12(16)17)11(15)10(13)9-5-3-2-4-8(9)6-18-13/h2-5,10-11,15H,6-7H2,1H3,(H,16,17). The predicted molar refractivity (Wildman–Crippen MR) is 63.1 cm³/mol. The molecule has 0 bridgehead atoms. The van der Waals surface area contributed by atoms with E-state index in [4.69, 9.17) is 9.84 Å². The van der Waals surface area contributed by atoms with E-state index in [1.807, 2.05) is 31.2 Å². The fourth-order valence-electron chi connectivity index (χ4n) is 3.04. The van der Waals surface area contributed by atoms with E-state index in [1.165, 1.54) is 0 Å². The summed E-state index contributed by atoms with van der Waals surface area (Å²) in [6.07, 6.45) is -2.16. The number of benzene rings is 1. The number of carboxylic acid groups (broad SMARTS) is 1. The van der Waals surface area contributed by atoms with Gasteiger partial charge in [-0.05, 0) is 18.1 Å². The molecule has 1 aromatic rings. The summed E-state index contributed by atoms with van der Waals surface area (Å²) in [6, 6.07) is 7.71. The Labute approximate surface area is 105 Å². The number of aliphatic hydroxyl groups is 1. The van der Waals surface area contributed by atoms with Gasteiger partial charge < -0.3 is 14.9 Å². The summed E-state index contributed by atoms with van der Waals surface area (Å²) >= 11 is 0. The minimum atomic E-state index is -1.11. The lowest BCUT2D eigenvalue weighted by Gasteiger charge is -2.37. The first-order valence-electron chi connectivity index (χ1n) is 5.92. The van der Waals surface area contributed by atoms with Crippen LogP contribution in [-0.2, 0) is 11.3 Å². The average Bonchev–Trinajstić information content (AvgIpc) is 2.62. The van der Waals surface area contributed by atoms with Crippen molar-refractivity contribution in [2.75, 3.05) is 6.54 Å². The van der Waals surface area contributed by atoms with Crippen LogP contribution in [0.15, 0.2) is 24.3 Å². The van der Waals surface area contributed by atoms with E-state index in [1.54, 1.807) is 0 Å². The van der Waals surface area contributed by atoms with E-state index in [0.717, 1.165) is 16.0 Å². The SMILES string of the molecule is CC12CN(C(=O)O)C(O)C1c1ccccc1CO2. The first kappa shape index (κ1) is 11.5. The van der Waals surface area contributed by atoms with Gasteiger partial charge in [-0.3, -0.25) is 4.90 Å². The van der Waals surface area contributed by atoms with Gasteiger partial charge in [0.1, 0.15) is 6.23 Å². The van der Waals surface area contributed by atoms with E-state index in [9.17, 15) is 9.90 Å². The molecule has 2 N–H and O–H groups in total. The second-order valence-corrected chi connectivity index (χ2v) is 5.10. The molecule has 0 aliphatic carbocycles. The van der Waals surface area contributed by atoms with Crippen LogP contribution in [0.4, 0.5) is 4.79 Å². The molecule has 0 spiro atoms. The number of rotatable bonds is 0. The Morgan fingerprint density at radius 3 is 2.94 bits per heavy atom. The van der Waals surface area contributed by atoms with Gasteiger partial charge >= 0.3 is 6.09 Å². The zero-order valence-corrected chi connectivity index (χ0v) is 10.0. The van der Waals surface area contributed by atoms with Crippen molar-refractivity contribution in [2.24, 2.45) is 0 Å². The van der Waals surface area contributed by atoms with Gasteiger partial charge in [-0.25, -0.2) is 4.79 Å². The molecule has 3 atom stereocenters. The van der Waals surface area contributed by atoms with Crippen molar-refractivity contribution in [1.82, 2.24) is 4.90 Å². The highest BCUT2D eigenvalue weighted by Gasteiger charge is 2.55. The lowest BCUT2D eigenvalue weighted by atomic mass is 9.81. The Morgan fingerprint density at radius 2 is 2.22 bits per heavy atom. The summed E-state index contributed by atoms with van der Waals surface area (Å²) < 4.78 is 5.80. The zero-order chi connectivity index (χ0) is 12.9. The van der Waals surface area contributed by atoms with Crippen LogP contribution >= 0.6 is 0 Å². The molecule has 2 heterocycles. The second-order valence-electron chi connectivity index (χ2n) is 5.10. The summed E-state index contributed by atoms with van der Waals surface area (Å²) in [5, 5.41) is 19.3. The Kier molecular flexibility index (Phi) is 2.36.